The molecule has 5 nitrogen and oxygen atoms in total. The first-order chi connectivity index (χ1) is 9.41. The van der Waals surface area contributed by atoms with Gasteiger partial charge in [0.25, 0.3) is 0 Å². The van der Waals surface area contributed by atoms with Gasteiger partial charge in [0.15, 0.2) is 0 Å². The Labute approximate surface area is 118 Å². The molecule has 2 aromatic rings. The zero-order chi connectivity index (χ0) is 14.8. The molecule has 0 radical (unpaired) electrons. The number of sulfonamides is 1. The maximum atomic E-state index is 12.4. The molecule has 1 atom stereocenters. The van der Waals surface area contributed by atoms with Crippen molar-refractivity contribution >= 4 is 10.0 Å². The van der Waals surface area contributed by atoms with E-state index >= 15 is 0 Å². The molecule has 0 bridgehead atoms. The Morgan fingerprint density at radius 3 is 2.65 bits per heavy atom. The molecule has 6 heteroatoms. The molecule has 0 aliphatic rings. The number of nitrogens with zero attached hydrogens (tertiary/aromatic N) is 1. The van der Waals surface area contributed by atoms with Gasteiger partial charge in [0.1, 0.15) is 5.76 Å². The average Bonchev–Trinajstić information content (AvgIpc) is 2.91. The molecule has 0 amide bonds. The maximum absolute atomic E-state index is 12.4. The van der Waals surface area contributed by atoms with E-state index in [-0.39, 0.29) is 11.4 Å². The van der Waals surface area contributed by atoms with E-state index in [1.54, 1.807) is 31.2 Å². The number of aliphatic hydroxyl groups excluding tert-OH is 1. The maximum Gasteiger partial charge on any atom is 0.243 e. The monoisotopic (exact) mass is 295 g/mol. The molecule has 1 N–H and O–H groups in total. The second-order valence-corrected chi connectivity index (χ2v) is 6.63. The van der Waals surface area contributed by atoms with Gasteiger partial charge in [0.2, 0.25) is 10.0 Å². The standard InChI is InChI=1S/C14H17NO4S/c1-11(16)12-5-3-7-14(9-12)20(17,18)15(2)10-13-6-4-8-19-13/h3-9,11,16H,10H2,1-2H3. The Morgan fingerprint density at radius 2 is 2.05 bits per heavy atom. The van der Waals surface area contributed by atoms with Crippen LogP contribution in [-0.2, 0) is 16.6 Å². The molecule has 20 heavy (non-hydrogen) atoms. The molecule has 108 valence electrons. The van der Waals surface area contributed by atoms with Crippen LogP contribution in [0, 0.1) is 0 Å². The Balaban J connectivity index is 2.27. The summed E-state index contributed by atoms with van der Waals surface area (Å²) in [6.45, 7) is 1.76. The number of benzene rings is 1. The van der Waals surface area contributed by atoms with Crippen LogP contribution in [0.25, 0.3) is 0 Å². The van der Waals surface area contributed by atoms with Crippen LogP contribution in [0.4, 0.5) is 0 Å². The molecule has 1 aromatic carbocycles. The fourth-order valence-corrected chi connectivity index (χ4v) is 3.01. The lowest BCUT2D eigenvalue weighted by Crippen LogP contribution is -2.26. The number of hydrogen-bond donors (Lipinski definition) is 1. The number of hydrogen-bond acceptors (Lipinski definition) is 4. The first kappa shape index (κ1) is 14.8. The highest BCUT2D eigenvalue weighted by atomic mass is 32.2. The van der Waals surface area contributed by atoms with Crippen LogP contribution < -0.4 is 0 Å². The van der Waals surface area contributed by atoms with Crippen molar-refractivity contribution in [3.05, 3.63) is 54.0 Å². The van der Waals surface area contributed by atoms with Crippen molar-refractivity contribution in [2.24, 2.45) is 0 Å². The summed E-state index contributed by atoms with van der Waals surface area (Å²) >= 11 is 0. The minimum atomic E-state index is -3.61. The van der Waals surface area contributed by atoms with Crippen molar-refractivity contribution in [2.75, 3.05) is 7.05 Å². The summed E-state index contributed by atoms with van der Waals surface area (Å²) in [4.78, 5) is 0.157. The van der Waals surface area contributed by atoms with Crippen LogP contribution in [0.15, 0.2) is 52.0 Å². The molecule has 2 rings (SSSR count). The molecule has 0 aliphatic heterocycles. The topological polar surface area (TPSA) is 70.8 Å². The molecule has 0 saturated heterocycles. The summed E-state index contributed by atoms with van der Waals surface area (Å²) in [6.07, 6.45) is 0.796. The second kappa shape index (κ2) is 5.78. The Bertz CT molecular complexity index is 662. The largest absolute Gasteiger partial charge is 0.468 e. The third-order valence-corrected chi connectivity index (χ3v) is 4.81. The SMILES string of the molecule is CC(O)c1cccc(S(=O)(=O)N(C)Cc2ccco2)c1. The molecular weight excluding hydrogens is 278 g/mol. The average molecular weight is 295 g/mol. The summed E-state index contributed by atoms with van der Waals surface area (Å²) in [6, 6.07) is 9.74. The lowest BCUT2D eigenvalue weighted by atomic mass is 10.1. The van der Waals surface area contributed by atoms with E-state index in [2.05, 4.69) is 0 Å². The van der Waals surface area contributed by atoms with Crippen molar-refractivity contribution in [2.45, 2.75) is 24.5 Å². The highest BCUT2D eigenvalue weighted by Crippen LogP contribution is 2.21. The minimum absolute atomic E-state index is 0.157. The first-order valence-electron chi connectivity index (χ1n) is 6.18. The molecular formula is C14H17NO4S. The first-order valence-corrected chi connectivity index (χ1v) is 7.62. The van der Waals surface area contributed by atoms with E-state index in [0.29, 0.717) is 11.3 Å². The summed E-state index contributed by atoms with van der Waals surface area (Å²) in [5.74, 6) is 0.572. The lowest BCUT2D eigenvalue weighted by molar-refractivity contribution is 0.199. The van der Waals surface area contributed by atoms with Gasteiger partial charge in [-0.05, 0) is 36.8 Å². The predicted molar refractivity (Wildman–Crippen MR) is 74.4 cm³/mol. The normalized spacial score (nSPS) is 13.6. The molecule has 0 aliphatic carbocycles. The fourth-order valence-electron chi connectivity index (χ4n) is 1.82. The predicted octanol–water partition coefficient (Wildman–Crippen LogP) is 2.15. The quantitative estimate of drug-likeness (QED) is 0.917. The van der Waals surface area contributed by atoms with E-state index in [1.807, 2.05) is 0 Å². The van der Waals surface area contributed by atoms with E-state index in [1.165, 1.54) is 29.7 Å². The van der Waals surface area contributed by atoms with Gasteiger partial charge in [-0.1, -0.05) is 12.1 Å². The summed E-state index contributed by atoms with van der Waals surface area (Å²) in [5, 5.41) is 9.54. The molecule has 1 unspecified atom stereocenters. The summed E-state index contributed by atoms with van der Waals surface area (Å²) in [7, 11) is -2.12. The van der Waals surface area contributed by atoms with Crippen molar-refractivity contribution < 1.29 is 17.9 Å². The molecule has 1 heterocycles. The van der Waals surface area contributed by atoms with Gasteiger partial charge >= 0.3 is 0 Å². The van der Waals surface area contributed by atoms with Crippen molar-refractivity contribution in [3.63, 3.8) is 0 Å². The third kappa shape index (κ3) is 3.09. The van der Waals surface area contributed by atoms with E-state index in [9.17, 15) is 13.5 Å². The molecule has 1 aromatic heterocycles. The van der Waals surface area contributed by atoms with Crippen LogP contribution in [0.1, 0.15) is 24.4 Å². The third-order valence-electron chi connectivity index (χ3n) is 3.01. The van der Waals surface area contributed by atoms with E-state index in [0.717, 1.165) is 0 Å². The molecule has 0 saturated carbocycles. The number of furan rings is 1. The zero-order valence-electron chi connectivity index (χ0n) is 11.4. The van der Waals surface area contributed by atoms with Gasteiger partial charge in [-0.2, -0.15) is 4.31 Å². The van der Waals surface area contributed by atoms with E-state index < -0.39 is 16.1 Å². The Kier molecular flexibility index (Phi) is 4.27. The van der Waals surface area contributed by atoms with Gasteiger partial charge in [0, 0.05) is 7.05 Å². The fraction of sp³-hybridized carbons (Fsp3) is 0.286. The second-order valence-electron chi connectivity index (χ2n) is 4.59. The summed E-state index contributed by atoms with van der Waals surface area (Å²) in [5.41, 5.74) is 0.567. The smallest absolute Gasteiger partial charge is 0.243 e. The van der Waals surface area contributed by atoms with Crippen molar-refractivity contribution in [3.8, 4) is 0 Å². The molecule has 0 spiro atoms. The number of aliphatic hydroxyl groups is 1. The van der Waals surface area contributed by atoms with Crippen molar-refractivity contribution in [1.82, 2.24) is 4.31 Å². The van der Waals surface area contributed by atoms with Gasteiger partial charge in [0.05, 0.1) is 23.8 Å². The summed E-state index contributed by atoms with van der Waals surface area (Å²) < 4.78 is 31.2. The van der Waals surface area contributed by atoms with Crippen LogP contribution in [-0.4, -0.2) is 24.9 Å². The van der Waals surface area contributed by atoms with Gasteiger partial charge in [-0.15, -0.1) is 0 Å². The zero-order valence-corrected chi connectivity index (χ0v) is 12.2. The van der Waals surface area contributed by atoms with Crippen LogP contribution in [0.2, 0.25) is 0 Å². The Morgan fingerprint density at radius 1 is 1.30 bits per heavy atom. The van der Waals surface area contributed by atoms with Gasteiger partial charge in [-0.25, -0.2) is 8.42 Å². The van der Waals surface area contributed by atoms with Crippen LogP contribution in [0.3, 0.4) is 0 Å². The lowest BCUT2D eigenvalue weighted by Gasteiger charge is -2.17. The number of rotatable bonds is 5. The molecule has 0 fully saturated rings. The highest BCUT2D eigenvalue weighted by Gasteiger charge is 2.22. The van der Waals surface area contributed by atoms with Gasteiger partial charge < -0.3 is 9.52 Å². The minimum Gasteiger partial charge on any atom is -0.468 e. The highest BCUT2D eigenvalue weighted by molar-refractivity contribution is 7.89. The van der Waals surface area contributed by atoms with Gasteiger partial charge in [-0.3, -0.25) is 0 Å². The van der Waals surface area contributed by atoms with Crippen LogP contribution >= 0.6 is 0 Å². The Hall–Kier alpha value is -1.63. The van der Waals surface area contributed by atoms with Crippen LogP contribution in [0.5, 0.6) is 0 Å². The van der Waals surface area contributed by atoms with E-state index in [4.69, 9.17) is 4.42 Å². The van der Waals surface area contributed by atoms with Crippen molar-refractivity contribution in [1.29, 1.82) is 0 Å².